The van der Waals surface area contributed by atoms with E-state index in [1.54, 1.807) is 0 Å². The molecular weight excluding hydrogens is 521 g/mol. The highest BCUT2D eigenvalue weighted by molar-refractivity contribution is 5.95. The smallest absolute Gasteiger partial charge is 0.328 e. The van der Waals surface area contributed by atoms with Gasteiger partial charge in [-0.15, -0.1) is 0 Å². The minimum absolute atomic E-state index is 0.0247. The number of carbonyl (C=O) groups is 1. The number of alkyl halides is 3. The number of allylic oxidation sites excluding steroid dienone is 1. The Balaban J connectivity index is 1.47. The maximum Gasteiger partial charge on any atom is 0.416 e. The molecule has 41 heavy (non-hydrogen) atoms. The average Bonchev–Trinajstić information content (AvgIpc) is 2.94. The molecule has 1 aliphatic carbocycles. The summed E-state index contributed by atoms with van der Waals surface area (Å²) in [5.41, 5.74) is 6.66. The fourth-order valence-electron chi connectivity index (χ4n) is 6.83. The van der Waals surface area contributed by atoms with Crippen LogP contribution in [0.5, 0.6) is 0 Å². The lowest BCUT2D eigenvalue weighted by molar-refractivity contribution is -0.137. The van der Waals surface area contributed by atoms with Crippen LogP contribution in [-0.2, 0) is 24.1 Å². The lowest BCUT2D eigenvalue weighted by Crippen LogP contribution is -2.47. The second kappa shape index (κ2) is 12.4. The standard InChI is InChI=1S/C35H41F3N2O/c1-24(2)29-11-7-9-27(20-29)21-39-19-18-31-28-10-6-4-5-8-25(3)33(17-14-28)40(34(41)32(31)23-39)22-26-12-15-30(16-13-26)35(36,37)38/h7,9,11-13,15-16,20,28,33H,1,3-6,8,10,14,17-19,21-23H2,2H3. The molecule has 218 valence electrons. The SMILES string of the molecule is C=C(C)c1cccc(CN2CCC3=C(C2)C(=O)N(Cc2ccc(C(F)(F)F)cc2)C2CCC3CCCCCC2=C)c1. The van der Waals surface area contributed by atoms with Crippen molar-refractivity contribution in [3.05, 3.63) is 101 Å². The maximum absolute atomic E-state index is 14.5. The monoisotopic (exact) mass is 562 g/mol. The molecule has 0 N–H and O–H groups in total. The van der Waals surface area contributed by atoms with Crippen LogP contribution < -0.4 is 0 Å². The van der Waals surface area contributed by atoms with Crippen LogP contribution in [0, 0.1) is 5.92 Å². The van der Waals surface area contributed by atoms with Gasteiger partial charge in [0.1, 0.15) is 0 Å². The molecule has 2 heterocycles. The van der Waals surface area contributed by atoms with E-state index in [2.05, 4.69) is 42.3 Å². The van der Waals surface area contributed by atoms with E-state index in [-0.39, 0.29) is 18.5 Å². The van der Waals surface area contributed by atoms with Crippen molar-refractivity contribution in [2.24, 2.45) is 5.92 Å². The topological polar surface area (TPSA) is 23.6 Å². The highest BCUT2D eigenvalue weighted by Gasteiger charge is 2.37. The van der Waals surface area contributed by atoms with E-state index in [0.717, 1.165) is 92.5 Å². The summed E-state index contributed by atoms with van der Waals surface area (Å²) in [6, 6.07) is 13.6. The first kappa shape index (κ1) is 29.4. The number of fused-ring (bicyclic) bond motifs is 4. The van der Waals surface area contributed by atoms with E-state index in [0.29, 0.717) is 18.0 Å². The largest absolute Gasteiger partial charge is 0.416 e. The molecule has 2 atom stereocenters. The molecule has 3 aliphatic rings. The van der Waals surface area contributed by atoms with Crippen LogP contribution in [0.4, 0.5) is 13.2 Å². The van der Waals surface area contributed by atoms with Gasteiger partial charge in [-0.2, -0.15) is 13.2 Å². The van der Waals surface area contributed by atoms with E-state index in [4.69, 9.17) is 0 Å². The van der Waals surface area contributed by atoms with Crippen LogP contribution in [0.1, 0.15) is 80.5 Å². The third kappa shape index (κ3) is 6.86. The van der Waals surface area contributed by atoms with Crippen LogP contribution in [0.3, 0.4) is 0 Å². The molecule has 2 aliphatic heterocycles. The molecule has 1 saturated carbocycles. The summed E-state index contributed by atoms with van der Waals surface area (Å²) in [5, 5.41) is 0. The molecule has 2 aromatic carbocycles. The van der Waals surface area contributed by atoms with Crippen molar-refractivity contribution in [2.45, 2.75) is 83.6 Å². The molecule has 5 rings (SSSR count). The molecule has 2 aromatic rings. The number of hydrogen-bond acceptors (Lipinski definition) is 2. The van der Waals surface area contributed by atoms with Crippen molar-refractivity contribution in [3.8, 4) is 0 Å². The summed E-state index contributed by atoms with van der Waals surface area (Å²) in [5.74, 6) is 0.432. The number of halogens is 3. The number of benzene rings is 2. The molecule has 1 amide bonds. The fraction of sp³-hybridized carbons (Fsp3) is 0.457. The summed E-state index contributed by atoms with van der Waals surface area (Å²) in [7, 11) is 0. The Labute approximate surface area is 242 Å². The average molecular weight is 563 g/mol. The third-order valence-corrected chi connectivity index (χ3v) is 9.13. The van der Waals surface area contributed by atoms with E-state index in [9.17, 15) is 18.0 Å². The Morgan fingerprint density at radius 3 is 2.46 bits per heavy atom. The Morgan fingerprint density at radius 1 is 0.951 bits per heavy atom. The van der Waals surface area contributed by atoms with E-state index < -0.39 is 11.7 Å². The number of nitrogens with zero attached hydrogens (tertiary/aromatic N) is 2. The van der Waals surface area contributed by atoms with E-state index in [1.807, 2.05) is 11.8 Å². The van der Waals surface area contributed by atoms with Gasteiger partial charge in [0.05, 0.1) is 11.6 Å². The maximum atomic E-state index is 14.5. The second-order valence-corrected chi connectivity index (χ2v) is 12.1. The van der Waals surface area contributed by atoms with Gasteiger partial charge in [-0.3, -0.25) is 9.69 Å². The zero-order chi connectivity index (χ0) is 29.1. The van der Waals surface area contributed by atoms with Crippen LogP contribution in [0.2, 0.25) is 0 Å². The predicted octanol–water partition coefficient (Wildman–Crippen LogP) is 8.57. The first-order valence-electron chi connectivity index (χ1n) is 14.9. The summed E-state index contributed by atoms with van der Waals surface area (Å²) in [6.45, 7) is 13.1. The zero-order valence-corrected chi connectivity index (χ0v) is 24.1. The van der Waals surface area contributed by atoms with Gasteiger partial charge in [-0.05, 0) is 80.2 Å². The van der Waals surface area contributed by atoms with Gasteiger partial charge in [0.15, 0.2) is 0 Å². The van der Waals surface area contributed by atoms with Gasteiger partial charge in [0.25, 0.3) is 5.91 Å². The van der Waals surface area contributed by atoms with Crippen LogP contribution in [0.25, 0.3) is 5.57 Å². The lowest BCUT2D eigenvalue weighted by atomic mass is 9.77. The number of rotatable bonds is 5. The van der Waals surface area contributed by atoms with Gasteiger partial charge in [0, 0.05) is 31.8 Å². The Kier molecular flexibility index (Phi) is 8.88. The number of hydrogen-bond donors (Lipinski definition) is 0. The fourth-order valence-corrected chi connectivity index (χ4v) is 6.83. The minimum atomic E-state index is -4.39. The lowest BCUT2D eigenvalue weighted by Gasteiger charge is -2.42. The highest BCUT2D eigenvalue weighted by Crippen LogP contribution is 2.39. The molecule has 0 aromatic heterocycles. The Morgan fingerprint density at radius 2 is 1.73 bits per heavy atom. The number of carbonyl (C=O) groups excluding carboxylic acids is 1. The molecule has 6 heteroatoms. The van der Waals surface area contributed by atoms with Crippen LogP contribution in [0.15, 0.2) is 78.4 Å². The van der Waals surface area contributed by atoms with Crippen molar-refractivity contribution in [3.63, 3.8) is 0 Å². The summed E-state index contributed by atoms with van der Waals surface area (Å²) in [4.78, 5) is 18.8. The second-order valence-electron chi connectivity index (χ2n) is 12.1. The van der Waals surface area contributed by atoms with E-state index in [1.165, 1.54) is 29.7 Å². The van der Waals surface area contributed by atoms with Crippen molar-refractivity contribution in [2.75, 3.05) is 13.1 Å². The van der Waals surface area contributed by atoms with Crippen molar-refractivity contribution in [1.82, 2.24) is 9.80 Å². The van der Waals surface area contributed by atoms with Crippen molar-refractivity contribution >= 4 is 11.5 Å². The molecule has 2 bridgehead atoms. The zero-order valence-electron chi connectivity index (χ0n) is 24.1. The summed E-state index contributed by atoms with van der Waals surface area (Å²) >= 11 is 0. The van der Waals surface area contributed by atoms with Gasteiger partial charge in [0.2, 0.25) is 0 Å². The van der Waals surface area contributed by atoms with Crippen molar-refractivity contribution in [1.29, 1.82) is 0 Å². The van der Waals surface area contributed by atoms with Crippen LogP contribution >= 0.6 is 0 Å². The molecule has 2 unspecified atom stereocenters. The normalized spacial score (nSPS) is 22.8. The summed E-state index contributed by atoms with van der Waals surface area (Å²) in [6.07, 6.45) is 3.74. The summed E-state index contributed by atoms with van der Waals surface area (Å²) < 4.78 is 39.6. The van der Waals surface area contributed by atoms with Crippen LogP contribution in [-0.4, -0.2) is 34.8 Å². The first-order valence-corrected chi connectivity index (χ1v) is 14.9. The molecular formula is C35H41F3N2O. The minimum Gasteiger partial charge on any atom is -0.328 e. The van der Waals surface area contributed by atoms with Gasteiger partial charge >= 0.3 is 6.18 Å². The Bertz CT molecular complexity index is 1320. The molecule has 0 saturated heterocycles. The number of amides is 1. The highest BCUT2D eigenvalue weighted by atomic mass is 19.4. The van der Waals surface area contributed by atoms with Crippen molar-refractivity contribution < 1.29 is 18.0 Å². The Hall–Kier alpha value is -3.12. The van der Waals surface area contributed by atoms with Gasteiger partial charge in [-0.25, -0.2) is 0 Å². The molecule has 0 radical (unpaired) electrons. The molecule has 3 nitrogen and oxygen atoms in total. The third-order valence-electron chi connectivity index (χ3n) is 9.13. The van der Waals surface area contributed by atoms with E-state index >= 15 is 0 Å². The van der Waals surface area contributed by atoms with Gasteiger partial charge in [-0.1, -0.05) is 79.1 Å². The van der Waals surface area contributed by atoms with Gasteiger partial charge < -0.3 is 4.90 Å². The molecule has 0 spiro atoms. The molecule has 1 fully saturated rings. The predicted molar refractivity (Wildman–Crippen MR) is 159 cm³/mol. The quantitative estimate of drug-likeness (QED) is 0.341. The first-order chi connectivity index (χ1) is 19.6.